The number of anilines is 2. The summed E-state index contributed by atoms with van der Waals surface area (Å²) in [6.45, 7) is 3.97. The van der Waals surface area contributed by atoms with Crippen LogP contribution in [0.3, 0.4) is 0 Å². The van der Waals surface area contributed by atoms with E-state index in [0.717, 1.165) is 26.2 Å². The lowest BCUT2D eigenvalue weighted by Gasteiger charge is -2.10. The SMILES string of the molecule is Cc1ccc(N)c(SCC(=O)Nc2ccc(Br)cc2C)c1. The van der Waals surface area contributed by atoms with Gasteiger partial charge < -0.3 is 11.1 Å². The van der Waals surface area contributed by atoms with Gasteiger partial charge in [0.15, 0.2) is 0 Å². The van der Waals surface area contributed by atoms with Gasteiger partial charge in [-0.25, -0.2) is 0 Å². The van der Waals surface area contributed by atoms with E-state index in [-0.39, 0.29) is 5.91 Å². The molecule has 0 heterocycles. The molecular formula is C16H17BrN2OS. The standard InChI is InChI=1S/C16H17BrN2OS/c1-10-3-5-13(18)15(7-10)21-9-16(20)19-14-6-4-12(17)8-11(14)2/h3-8H,9,18H2,1-2H3,(H,19,20). The van der Waals surface area contributed by atoms with Crippen molar-refractivity contribution in [2.75, 3.05) is 16.8 Å². The van der Waals surface area contributed by atoms with Crippen LogP contribution in [0.25, 0.3) is 0 Å². The third-order valence-corrected chi connectivity index (χ3v) is 4.55. The van der Waals surface area contributed by atoms with Crippen LogP contribution in [0.2, 0.25) is 0 Å². The zero-order valence-electron chi connectivity index (χ0n) is 11.9. The molecule has 2 aromatic carbocycles. The van der Waals surface area contributed by atoms with Crippen LogP contribution in [0.1, 0.15) is 11.1 Å². The highest BCUT2D eigenvalue weighted by atomic mass is 79.9. The van der Waals surface area contributed by atoms with Crippen LogP contribution in [-0.2, 0) is 4.79 Å². The topological polar surface area (TPSA) is 55.1 Å². The lowest BCUT2D eigenvalue weighted by atomic mass is 10.2. The molecule has 2 rings (SSSR count). The number of halogens is 1. The smallest absolute Gasteiger partial charge is 0.234 e. The molecule has 2 aromatic rings. The van der Waals surface area contributed by atoms with E-state index in [1.54, 1.807) is 0 Å². The highest BCUT2D eigenvalue weighted by molar-refractivity contribution is 9.10. The number of aryl methyl sites for hydroxylation is 2. The quantitative estimate of drug-likeness (QED) is 0.625. The molecule has 0 aliphatic heterocycles. The second-order valence-electron chi connectivity index (χ2n) is 4.84. The van der Waals surface area contributed by atoms with Gasteiger partial charge in [0, 0.05) is 20.7 Å². The molecule has 0 saturated heterocycles. The monoisotopic (exact) mass is 364 g/mol. The van der Waals surface area contributed by atoms with Gasteiger partial charge in [0.05, 0.1) is 5.75 Å². The zero-order chi connectivity index (χ0) is 15.4. The molecule has 1 amide bonds. The molecule has 0 bridgehead atoms. The van der Waals surface area contributed by atoms with Gasteiger partial charge in [0.25, 0.3) is 0 Å². The number of hydrogen-bond acceptors (Lipinski definition) is 3. The van der Waals surface area contributed by atoms with E-state index in [1.165, 1.54) is 11.8 Å². The molecule has 0 unspecified atom stereocenters. The molecule has 0 aromatic heterocycles. The van der Waals surface area contributed by atoms with Gasteiger partial charge in [0.1, 0.15) is 0 Å². The highest BCUT2D eigenvalue weighted by Gasteiger charge is 2.08. The lowest BCUT2D eigenvalue weighted by Crippen LogP contribution is -2.14. The fourth-order valence-electron chi connectivity index (χ4n) is 1.86. The first-order chi connectivity index (χ1) is 9.95. The summed E-state index contributed by atoms with van der Waals surface area (Å²) in [6, 6.07) is 11.6. The van der Waals surface area contributed by atoms with E-state index in [0.29, 0.717) is 11.4 Å². The van der Waals surface area contributed by atoms with Gasteiger partial charge in [0.2, 0.25) is 5.91 Å². The van der Waals surface area contributed by atoms with Crippen LogP contribution in [0.15, 0.2) is 45.8 Å². The van der Waals surface area contributed by atoms with E-state index in [4.69, 9.17) is 5.73 Å². The second kappa shape index (κ2) is 7.00. The van der Waals surface area contributed by atoms with Crippen molar-refractivity contribution in [2.24, 2.45) is 0 Å². The molecule has 0 saturated carbocycles. The van der Waals surface area contributed by atoms with Gasteiger partial charge >= 0.3 is 0 Å². The lowest BCUT2D eigenvalue weighted by molar-refractivity contribution is -0.113. The molecule has 5 heteroatoms. The van der Waals surface area contributed by atoms with E-state index in [2.05, 4.69) is 21.2 Å². The number of thioether (sulfide) groups is 1. The number of nitrogens with one attached hydrogen (secondary N) is 1. The average molecular weight is 365 g/mol. The van der Waals surface area contributed by atoms with Gasteiger partial charge in [-0.3, -0.25) is 4.79 Å². The summed E-state index contributed by atoms with van der Waals surface area (Å²) >= 11 is 4.86. The summed E-state index contributed by atoms with van der Waals surface area (Å²) in [4.78, 5) is 13.0. The van der Waals surface area contributed by atoms with Crippen molar-refractivity contribution in [2.45, 2.75) is 18.7 Å². The summed E-state index contributed by atoms with van der Waals surface area (Å²) in [5.41, 5.74) is 9.61. The van der Waals surface area contributed by atoms with Gasteiger partial charge in [-0.2, -0.15) is 0 Å². The number of amides is 1. The van der Waals surface area contributed by atoms with Crippen LogP contribution in [0.5, 0.6) is 0 Å². The maximum Gasteiger partial charge on any atom is 0.234 e. The maximum absolute atomic E-state index is 12.0. The fraction of sp³-hybridized carbons (Fsp3) is 0.188. The molecule has 0 atom stereocenters. The van der Waals surface area contributed by atoms with Crippen molar-refractivity contribution in [1.82, 2.24) is 0 Å². The zero-order valence-corrected chi connectivity index (χ0v) is 14.3. The molecular weight excluding hydrogens is 348 g/mol. The van der Waals surface area contributed by atoms with Crippen molar-refractivity contribution in [3.8, 4) is 0 Å². The largest absolute Gasteiger partial charge is 0.398 e. The minimum atomic E-state index is -0.0358. The van der Waals surface area contributed by atoms with Crippen molar-refractivity contribution >= 4 is 45.0 Å². The first-order valence-corrected chi connectivity index (χ1v) is 8.28. The van der Waals surface area contributed by atoms with E-state index in [1.807, 2.05) is 50.2 Å². The Bertz CT molecular complexity index is 673. The molecule has 3 nitrogen and oxygen atoms in total. The van der Waals surface area contributed by atoms with E-state index < -0.39 is 0 Å². The predicted octanol–water partition coefficient (Wildman–Crippen LogP) is 4.38. The summed E-state index contributed by atoms with van der Waals surface area (Å²) in [7, 11) is 0. The Kier molecular flexibility index (Phi) is 5.31. The third-order valence-electron chi connectivity index (χ3n) is 2.99. The second-order valence-corrected chi connectivity index (χ2v) is 6.77. The van der Waals surface area contributed by atoms with Gasteiger partial charge in [-0.05, 0) is 55.3 Å². The van der Waals surface area contributed by atoms with Crippen molar-refractivity contribution in [3.63, 3.8) is 0 Å². The average Bonchev–Trinajstić information content (AvgIpc) is 2.43. The summed E-state index contributed by atoms with van der Waals surface area (Å²) in [5.74, 6) is 0.301. The Labute approximate surface area is 137 Å². The first kappa shape index (κ1) is 15.9. The minimum Gasteiger partial charge on any atom is -0.398 e. The molecule has 0 radical (unpaired) electrons. The number of nitrogen functional groups attached to an aromatic ring is 1. The Morgan fingerprint density at radius 3 is 2.71 bits per heavy atom. The van der Waals surface area contributed by atoms with E-state index in [9.17, 15) is 4.79 Å². The third kappa shape index (κ3) is 4.51. The molecule has 0 aliphatic rings. The number of nitrogens with two attached hydrogens (primary N) is 1. The Morgan fingerprint density at radius 1 is 1.24 bits per heavy atom. The fourth-order valence-corrected chi connectivity index (χ4v) is 3.20. The summed E-state index contributed by atoms with van der Waals surface area (Å²) in [6.07, 6.45) is 0. The Balaban J connectivity index is 1.97. The summed E-state index contributed by atoms with van der Waals surface area (Å²) in [5, 5.41) is 2.92. The predicted molar refractivity (Wildman–Crippen MR) is 93.8 cm³/mol. The van der Waals surface area contributed by atoms with Crippen LogP contribution in [0, 0.1) is 13.8 Å². The number of carbonyl (C=O) groups is 1. The van der Waals surface area contributed by atoms with Crippen LogP contribution in [0.4, 0.5) is 11.4 Å². The Morgan fingerprint density at radius 2 is 2.00 bits per heavy atom. The normalized spacial score (nSPS) is 10.4. The molecule has 0 spiro atoms. The number of carbonyl (C=O) groups excluding carboxylic acids is 1. The van der Waals surface area contributed by atoms with Crippen LogP contribution < -0.4 is 11.1 Å². The van der Waals surface area contributed by atoms with Gasteiger partial charge in [-0.15, -0.1) is 11.8 Å². The maximum atomic E-state index is 12.0. The van der Waals surface area contributed by atoms with Crippen molar-refractivity contribution < 1.29 is 4.79 Å². The number of rotatable bonds is 4. The molecule has 0 fully saturated rings. The molecule has 110 valence electrons. The van der Waals surface area contributed by atoms with Crippen LogP contribution in [-0.4, -0.2) is 11.7 Å². The van der Waals surface area contributed by atoms with Crippen molar-refractivity contribution in [3.05, 3.63) is 52.0 Å². The van der Waals surface area contributed by atoms with Crippen molar-refractivity contribution in [1.29, 1.82) is 0 Å². The molecule has 0 aliphatic carbocycles. The summed E-state index contributed by atoms with van der Waals surface area (Å²) < 4.78 is 1.000. The minimum absolute atomic E-state index is 0.0358. The molecule has 21 heavy (non-hydrogen) atoms. The number of benzene rings is 2. The first-order valence-electron chi connectivity index (χ1n) is 6.50. The number of hydrogen-bond donors (Lipinski definition) is 2. The Hall–Kier alpha value is -1.46. The molecule has 3 N–H and O–H groups in total. The van der Waals surface area contributed by atoms with Gasteiger partial charge in [-0.1, -0.05) is 22.0 Å². The highest BCUT2D eigenvalue weighted by Crippen LogP contribution is 2.26. The van der Waals surface area contributed by atoms with Crippen LogP contribution >= 0.6 is 27.7 Å². The van der Waals surface area contributed by atoms with E-state index >= 15 is 0 Å².